The van der Waals surface area contributed by atoms with E-state index in [1.807, 2.05) is 4.68 Å². The van der Waals surface area contributed by atoms with Gasteiger partial charge in [-0.05, 0) is 36.3 Å². The van der Waals surface area contributed by atoms with Gasteiger partial charge < -0.3 is 4.74 Å². The Labute approximate surface area is 125 Å². The molecular weight excluding hydrogens is 262 g/mol. The number of benzene rings is 1. The van der Waals surface area contributed by atoms with E-state index in [-0.39, 0.29) is 5.60 Å². The molecule has 0 amide bonds. The van der Waals surface area contributed by atoms with Crippen LogP contribution in [0.5, 0.6) is 0 Å². The highest BCUT2D eigenvalue weighted by atomic mass is 16.6. The minimum absolute atomic E-state index is 0.0606. The molecule has 1 saturated heterocycles. The predicted octanol–water partition coefficient (Wildman–Crippen LogP) is 3.01. The molecule has 110 valence electrons. The van der Waals surface area contributed by atoms with Crippen molar-refractivity contribution in [2.45, 2.75) is 51.2 Å². The van der Waals surface area contributed by atoms with Crippen molar-refractivity contribution in [1.82, 2.24) is 15.0 Å². The quantitative estimate of drug-likeness (QED) is 0.813. The van der Waals surface area contributed by atoms with Gasteiger partial charge >= 0.3 is 0 Å². The van der Waals surface area contributed by atoms with Crippen molar-refractivity contribution < 1.29 is 4.74 Å². The van der Waals surface area contributed by atoms with E-state index in [9.17, 15) is 0 Å². The average molecular weight is 283 g/mol. The first-order chi connectivity index (χ1) is 10.2. The molecule has 0 unspecified atom stereocenters. The minimum atomic E-state index is -0.0606. The van der Waals surface area contributed by atoms with Gasteiger partial charge in [0.25, 0.3) is 0 Å². The van der Waals surface area contributed by atoms with Gasteiger partial charge in [-0.2, -0.15) is 0 Å². The van der Waals surface area contributed by atoms with Crippen LogP contribution in [-0.4, -0.2) is 21.6 Å². The maximum Gasteiger partial charge on any atom is 0.135 e. The molecule has 1 atom stereocenters. The van der Waals surface area contributed by atoms with E-state index in [1.54, 1.807) is 0 Å². The topological polar surface area (TPSA) is 43.2 Å². The lowest BCUT2D eigenvalue weighted by molar-refractivity contribution is 0.262. The fourth-order valence-electron chi connectivity index (χ4n) is 3.34. The SMILES string of the molecule is CC(C)c1ccc(Cn2nnc3c2[C@@]2(CCC3)CO2)cc1. The van der Waals surface area contributed by atoms with Gasteiger partial charge in [-0.3, -0.25) is 0 Å². The zero-order valence-electron chi connectivity index (χ0n) is 12.7. The van der Waals surface area contributed by atoms with Crippen LogP contribution in [0.1, 0.15) is 55.1 Å². The minimum Gasteiger partial charge on any atom is -0.363 e. The Kier molecular flexibility index (Phi) is 2.89. The first-order valence-electron chi connectivity index (χ1n) is 7.84. The lowest BCUT2D eigenvalue weighted by Gasteiger charge is -2.19. The molecule has 0 bridgehead atoms. The van der Waals surface area contributed by atoms with E-state index in [2.05, 4.69) is 48.4 Å². The molecule has 2 heterocycles. The van der Waals surface area contributed by atoms with E-state index in [0.717, 1.165) is 38.1 Å². The number of aromatic nitrogens is 3. The van der Waals surface area contributed by atoms with Crippen molar-refractivity contribution in [2.24, 2.45) is 0 Å². The monoisotopic (exact) mass is 283 g/mol. The Bertz CT molecular complexity index is 653. The molecule has 2 aromatic rings. The molecule has 1 aliphatic carbocycles. The van der Waals surface area contributed by atoms with Gasteiger partial charge in [-0.1, -0.05) is 43.3 Å². The number of ether oxygens (including phenoxy) is 1. The third-order valence-electron chi connectivity index (χ3n) is 4.70. The molecule has 21 heavy (non-hydrogen) atoms. The molecular formula is C17H21N3O. The van der Waals surface area contributed by atoms with Crippen LogP contribution in [0.15, 0.2) is 24.3 Å². The number of epoxide rings is 1. The number of fused-ring (bicyclic) bond motifs is 2. The lowest BCUT2D eigenvalue weighted by atomic mass is 9.90. The molecule has 4 heteroatoms. The fourth-order valence-corrected chi connectivity index (χ4v) is 3.34. The molecule has 0 radical (unpaired) electrons. The second kappa shape index (κ2) is 4.67. The number of rotatable bonds is 3. The first-order valence-corrected chi connectivity index (χ1v) is 7.84. The number of hydrogen-bond acceptors (Lipinski definition) is 3. The van der Waals surface area contributed by atoms with Gasteiger partial charge in [0.05, 0.1) is 24.5 Å². The largest absolute Gasteiger partial charge is 0.363 e. The van der Waals surface area contributed by atoms with Gasteiger partial charge in [0.1, 0.15) is 5.60 Å². The average Bonchev–Trinajstić information content (AvgIpc) is 3.11. The van der Waals surface area contributed by atoms with Gasteiger partial charge in [-0.15, -0.1) is 5.10 Å². The standard InChI is InChI=1S/C17H21N3O/c1-12(2)14-7-5-13(6-8-14)10-20-16-15(18-19-20)4-3-9-17(16)11-21-17/h5-8,12H,3-4,9-11H2,1-2H3/t17-/m1/s1. The van der Waals surface area contributed by atoms with Crippen LogP contribution in [0.2, 0.25) is 0 Å². The molecule has 2 aliphatic rings. The van der Waals surface area contributed by atoms with Crippen molar-refractivity contribution in [3.8, 4) is 0 Å². The molecule has 1 aromatic carbocycles. The molecule has 1 fully saturated rings. The van der Waals surface area contributed by atoms with Crippen molar-refractivity contribution in [3.05, 3.63) is 46.8 Å². The Morgan fingerprint density at radius 2 is 2.05 bits per heavy atom. The van der Waals surface area contributed by atoms with E-state index >= 15 is 0 Å². The van der Waals surface area contributed by atoms with E-state index in [1.165, 1.54) is 16.8 Å². The Balaban J connectivity index is 1.62. The van der Waals surface area contributed by atoms with Crippen LogP contribution in [0.3, 0.4) is 0 Å². The molecule has 0 N–H and O–H groups in total. The van der Waals surface area contributed by atoms with Crippen molar-refractivity contribution in [1.29, 1.82) is 0 Å². The smallest absolute Gasteiger partial charge is 0.135 e. The predicted molar refractivity (Wildman–Crippen MR) is 80.2 cm³/mol. The van der Waals surface area contributed by atoms with E-state index < -0.39 is 0 Å². The van der Waals surface area contributed by atoms with Gasteiger partial charge in [0, 0.05) is 0 Å². The summed E-state index contributed by atoms with van der Waals surface area (Å²) in [5.41, 5.74) is 4.95. The second-order valence-corrected chi connectivity index (χ2v) is 6.58. The van der Waals surface area contributed by atoms with Crippen LogP contribution in [0.4, 0.5) is 0 Å². The molecule has 0 saturated carbocycles. The number of aryl methyl sites for hydroxylation is 1. The molecule has 1 spiro atoms. The third-order valence-corrected chi connectivity index (χ3v) is 4.70. The zero-order valence-corrected chi connectivity index (χ0v) is 12.7. The Morgan fingerprint density at radius 3 is 2.71 bits per heavy atom. The van der Waals surface area contributed by atoms with Crippen LogP contribution in [0, 0.1) is 0 Å². The van der Waals surface area contributed by atoms with Crippen LogP contribution >= 0.6 is 0 Å². The van der Waals surface area contributed by atoms with Crippen molar-refractivity contribution in [2.75, 3.05) is 6.61 Å². The summed E-state index contributed by atoms with van der Waals surface area (Å²) in [7, 11) is 0. The highest BCUT2D eigenvalue weighted by Crippen LogP contribution is 2.47. The van der Waals surface area contributed by atoms with Crippen molar-refractivity contribution >= 4 is 0 Å². The molecule has 4 nitrogen and oxygen atoms in total. The van der Waals surface area contributed by atoms with E-state index in [4.69, 9.17) is 4.74 Å². The zero-order chi connectivity index (χ0) is 14.4. The summed E-state index contributed by atoms with van der Waals surface area (Å²) < 4.78 is 7.80. The number of nitrogens with zero attached hydrogens (tertiary/aromatic N) is 3. The Hall–Kier alpha value is -1.68. The number of hydrogen-bond donors (Lipinski definition) is 0. The summed E-state index contributed by atoms with van der Waals surface area (Å²) in [6, 6.07) is 8.83. The highest BCUT2D eigenvalue weighted by molar-refractivity contribution is 5.29. The maximum absolute atomic E-state index is 5.75. The molecule has 4 rings (SSSR count). The maximum atomic E-state index is 5.75. The third kappa shape index (κ3) is 2.18. The van der Waals surface area contributed by atoms with Crippen LogP contribution in [0.25, 0.3) is 0 Å². The van der Waals surface area contributed by atoms with Crippen LogP contribution < -0.4 is 0 Å². The van der Waals surface area contributed by atoms with E-state index in [0.29, 0.717) is 5.92 Å². The second-order valence-electron chi connectivity index (χ2n) is 6.58. The lowest BCUT2D eigenvalue weighted by Crippen LogP contribution is -2.22. The normalized spacial score (nSPS) is 23.6. The summed E-state index contributed by atoms with van der Waals surface area (Å²) in [6.45, 7) is 6.06. The van der Waals surface area contributed by atoms with Crippen molar-refractivity contribution in [3.63, 3.8) is 0 Å². The fraction of sp³-hybridized carbons (Fsp3) is 0.529. The first kappa shape index (κ1) is 13.0. The molecule has 1 aromatic heterocycles. The highest BCUT2D eigenvalue weighted by Gasteiger charge is 2.52. The summed E-state index contributed by atoms with van der Waals surface area (Å²) in [5.74, 6) is 0.571. The summed E-state index contributed by atoms with van der Waals surface area (Å²) >= 11 is 0. The van der Waals surface area contributed by atoms with Gasteiger partial charge in [0.2, 0.25) is 0 Å². The van der Waals surface area contributed by atoms with Crippen LogP contribution in [-0.2, 0) is 23.3 Å². The summed E-state index contributed by atoms with van der Waals surface area (Å²) in [6.07, 6.45) is 3.31. The summed E-state index contributed by atoms with van der Waals surface area (Å²) in [5, 5.41) is 8.74. The summed E-state index contributed by atoms with van der Waals surface area (Å²) in [4.78, 5) is 0. The molecule has 1 aliphatic heterocycles. The Morgan fingerprint density at radius 1 is 1.29 bits per heavy atom. The van der Waals surface area contributed by atoms with Gasteiger partial charge in [0.15, 0.2) is 0 Å². The van der Waals surface area contributed by atoms with Gasteiger partial charge in [-0.25, -0.2) is 4.68 Å².